The highest BCUT2D eigenvalue weighted by atomic mass is 16.6. The summed E-state index contributed by atoms with van der Waals surface area (Å²) in [5.41, 5.74) is 0. The zero-order valence-electron chi connectivity index (χ0n) is 29.9. The third kappa shape index (κ3) is 35.3. The van der Waals surface area contributed by atoms with Crippen molar-refractivity contribution in [2.75, 3.05) is 6.61 Å². The summed E-state index contributed by atoms with van der Waals surface area (Å²) in [6, 6.07) is 0. The van der Waals surface area contributed by atoms with Gasteiger partial charge in [0.1, 0.15) is 12.7 Å². The van der Waals surface area contributed by atoms with Crippen LogP contribution in [0.4, 0.5) is 0 Å². The second-order valence-electron chi connectivity index (χ2n) is 14.3. The average molecular weight is 609 g/mol. The van der Waals surface area contributed by atoms with Crippen LogP contribution in [0.5, 0.6) is 0 Å². The molecule has 0 rings (SSSR count). The van der Waals surface area contributed by atoms with E-state index in [0.717, 1.165) is 37.5 Å². The summed E-state index contributed by atoms with van der Waals surface area (Å²) >= 11 is 0. The van der Waals surface area contributed by atoms with Crippen molar-refractivity contribution in [3.63, 3.8) is 0 Å². The van der Waals surface area contributed by atoms with E-state index in [2.05, 4.69) is 27.7 Å². The van der Waals surface area contributed by atoms with Gasteiger partial charge in [0.05, 0.1) is 0 Å². The molecule has 0 fully saturated rings. The molecule has 1 atom stereocenters. The Morgan fingerprint density at radius 3 is 1.00 bits per heavy atom. The minimum Gasteiger partial charge on any atom is -0.462 e. The largest absolute Gasteiger partial charge is 0.462 e. The number of esters is 2. The van der Waals surface area contributed by atoms with Crippen molar-refractivity contribution in [1.82, 2.24) is 0 Å². The van der Waals surface area contributed by atoms with Gasteiger partial charge in [-0.2, -0.15) is 0 Å². The summed E-state index contributed by atoms with van der Waals surface area (Å²) in [5, 5.41) is 0. The highest BCUT2D eigenvalue weighted by molar-refractivity contribution is 5.70. The van der Waals surface area contributed by atoms with Gasteiger partial charge in [-0.3, -0.25) is 9.59 Å². The van der Waals surface area contributed by atoms with Gasteiger partial charge >= 0.3 is 11.9 Å². The van der Waals surface area contributed by atoms with Crippen LogP contribution in [0.2, 0.25) is 0 Å². The number of hydrogen-bond donors (Lipinski definition) is 0. The molecule has 0 saturated heterocycles. The number of carbonyl (C=O) groups is 2. The number of rotatable bonds is 33. The quantitative estimate of drug-likeness (QED) is 0.0549. The van der Waals surface area contributed by atoms with Gasteiger partial charge in [-0.1, -0.05) is 182 Å². The van der Waals surface area contributed by atoms with Gasteiger partial charge in [0.25, 0.3) is 0 Å². The van der Waals surface area contributed by atoms with Crippen LogP contribution in [0.25, 0.3) is 0 Å². The normalized spacial score (nSPS) is 12.3. The van der Waals surface area contributed by atoms with Gasteiger partial charge in [0.2, 0.25) is 0 Å². The van der Waals surface area contributed by atoms with E-state index in [1.54, 1.807) is 0 Å². The van der Waals surface area contributed by atoms with Crippen LogP contribution < -0.4 is 0 Å². The fourth-order valence-electron chi connectivity index (χ4n) is 5.78. The lowest BCUT2D eigenvalue weighted by Gasteiger charge is -2.13. The summed E-state index contributed by atoms with van der Waals surface area (Å²) in [7, 11) is 0. The molecule has 0 aliphatic carbocycles. The van der Waals surface area contributed by atoms with Crippen LogP contribution >= 0.6 is 0 Å². The van der Waals surface area contributed by atoms with Crippen LogP contribution in [0, 0.1) is 11.8 Å². The fraction of sp³-hybridized carbons (Fsp3) is 0.949. The smallest absolute Gasteiger partial charge is 0.306 e. The Morgan fingerprint density at radius 2 is 0.674 bits per heavy atom. The lowest BCUT2D eigenvalue weighted by molar-refractivity contribution is -0.158. The molecule has 0 bridgehead atoms. The Kier molecular flexibility index (Phi) is 31.5. The molecule has 0 spiro atoms. The zero-order valence-corrected chi connectivity index (χ0v) is 29.9. The first-order chi connectivity index (χ1) is 20.8. The third-order valence-electron chi connectivity index (χ3n) is 8.64. The molecule has 0 unspecified atom stereocenters. The zero-order chi connectivity index (χ0) is 31.8. The van der Waals surface area contributed by atoms with Gasteiger partial charge in [-0.05, 0) is 31.6 Å². The Bertz CT molecular complexity index is 600. The highest BCUT2D eigenvalue weighted by Gasteiger charge is 2.12. The monoisotopic (exact) mass is 609 g/mol. The Hall–Kier alpha value is -1.06. The minimum atomic E-state index is -0.369. The summed E-state index contributed by atoms with van der Waals surface area (Å²) in [6.45, 7) is 11.2. The third-order valence-corrected chi connectivity index (χ3v) is 8.64. The lowest BCUT2D eigenvalue weighted by Crippen LogP contribution is -2.22. The second kappa shape index (κ2) is 32.3. The summed E-state index contributed by atoms with van der Waals surface area (Å²) in [4.78, 5) is 24.1. The predicted molar refractivity (Wildman–Crippen MR) is 185 cm³/mol. The molecule has 4 nitrogen and oxygen atoms in total. The maximum atomic E-state index is 12.1. The first-order valence-corrected chi connectivity index (χ1v) is 19.2. The van der Waals surface area contributed by atoms with Gasteiger partial charge in [0, 0.05) is 12.8 Å². The minimum absolute atomic E-state index is 0.167. The Balaban J connectivity index is 3.40. The summed E-state index contributed by atoms with van der Waals surface area (Å²) < 4.78 is 10.8. The van der Waals surface area contributed by atoms with E-state index in [1.165, 1.54) is 141 Å². The van der Waals surface area contributed by atoms with E-state index in [0.29, 0.717) is 12.8 Å². The summed E-state index contributed by atoms with van der Waals surface area (Å²) in [5.74, 6) is 1.36. The van der Waals surface area contributed by atoms with Crippen molar-refractivity contribution < 1.29 is 19.1 Å². The van der Waals surface area contributed by atoms with E-state index in [1.807, 2.05) is 6.92 Å². The average Bonchev–Trinajstić information content (AvgIpc) is 2.96. The van der Waals surface area contributed by atoms with Crippen molar-refractivity contribution in [1.29, 1.82) is 0 Å². The van der Waals surface area contributed by atoms with E-state index >= 15 is 0 Å². The molecule has 4 heteroatoms. The van der Waals surface area contributed by atoms with Crippen LogP contribution in [0.3, 0.4) is 0 Å². The van der Waals surface area contributed by atoms with Crippen LogP contribution in [0.15, 0.2) is 0 Å². The lowest BCUT2D eigenvalue weighted by atomic mass is 10.0. The van der Waals surface area contributed by atoms with Crippen molar-refractivity contribution in [3.05, 3.63) is 0 Å². The number of hydrogen-bond acceptors (Lipinski definition) is 4. The highest BCUT2D eigenvalue weighted by Crippen LogP contribution is 2.16. The molecule has 0 aliphatic rings. The Morgan fingerprint density at radius 1 is 0.395 bits per heavy atom. The van der Waals surface area contributed by atoms with Gasteiger partial charge < -0.3 is 9.47 Å². The molecule has 0 N–H and O–H groups in total. The maximum absolute atomic E-state index is 12.1. The van der Waals surface area contributed by atoms with E-state index in [9.17, 15) is 9.59 Å². The van der Waals surface area contributed by atoms with Crippen LogP contribution in [0.1, 0.15) is 214 Å². The van der Waals surface area contributed by atoms with E-state index in [4.69, 9.17) is 9.47 Å². The number of ether oxygens (including phenoxy) is 2. The van der Waals surface area contributed by atoms with Crippen molar-refractivity contribution in [2.24, 2.45) is 11.8 Å². The standard InChI is InChI=1S/C39H76O4/c1-35(2)30-26-22-18-14-10-6-8-12-16-20-24-28-32-38(40)42-34-37(5)43-39(41)33-29-25-21-17-13-9-7-11-15-19-23-27-31-36(3)4/h35-37H,6-34H2,1-5H3/t37-/m0/s1. The second-order valence-corrected chi connectivity index (χ2v) is 14.3. The van der Waals surface area contributed by atoms with E-state index < -0.39 is 0 Å². The van der Waals surface area contributed by atoms with Crippen molar-refractivity contribution >= 4 is 11.9 Å². The molecule has 256 valence electrons. The molecule has 0 aromatic carbocycles. The molecule has 0 aliphatic heterocycles. The molecule has 43 heavy (non-hydrogen) atoms. The molecule has 0 aromatic rings. The molecular formula is C39H76O4. The van der Waals surface area contributed by atoms with Crippen molar-refractivity contribution in [2.45, 2.75) is 221 Å². The van der Waals surface area contributed by atoms with Crippen LogP contribution in [-0.4, -0.2) is 24.6 Å². The molecule has 0 heterocycles. The number of carbonyl (C=O) groups excluding carboxylic acids is 2. The van der Waals surface area contributed by atoms with E-state index in [-0.39, 0.29) is 24.6 Å². The van der Waals surface area contributed by atoms with Gasteiger partial charge in [0.15, 0.2) is 0 Å². The SMILES string of the molecule is CC(C)CCCCCCCCCCCCCCC(=O)OC[C@H](C)OC(=O)CCCCCCCCCCCCCCC(C)C. The topological polar surface area (TPSA) is 52.6 Å². The van der Waals surface area contributed by atoms with Gasteiger partial charge in [-0.25, -0.2) is 0 Å². The molecule has 0 saturated carbocycles. The molecule has 0 radical (unpaired) electrons. The molecule has 0 amide bonds. The predicted octanol–water partition coefficient (Wildman–Crippen LogP) is 12.7. The summed E-state index contributed by atoms with van der Waals surface area (Å²) in [6.07, 6.45) is 34.3. The van der Waals surface area contributed by atoms with Gasteiger partial charge in [-0.15, -0.1) is 0 Å². The first-order valence-electron chi connectivity index (χ1n) is 19.2. The molecule has 0 aromatic heterocycles. The first kappa shape index (κ1) is 41.9. The van der Waals surface area contributed by atoms with Crippen molar-refractivity contribution in [3.8, 4) is 0 Å². The van der Waals surface area contributed by atoms with Crippen LogP contribution in [-0.2, 0) is 19.1 Å². The fourth-order valence-corrected chi connectivity index (χ4v) is 5.78. The Labute approximate surface area is 269 Å². The maximum Gasteiger partial charge on any atom is 0.306 e. The molecular weight excluding hydrogens is 532 g/mol. The number of unbranched alkanes of at least 4 members (excludes halogenated alkanes) is 22.